The van der Waals surface area contributed by atoms with Crippen molar-refractivity contribution >= 4 is 23.5 Å². The lowest BCUT2D eigenvalue weighted by atomic mass is 9.80. The fraction of sp³-hybridized carbons (Fsp3) is 0.263. The molecule has 0 spiro atoms. The van der Waals surface area contributed by atoms with Crippen LogP contribution in [0.5, 0.6) is 11.5 Å². The highest BCUT2D eigenvalue weighted by atomic mass is 16.6. The number of aromatic nitrogens is 4. The van der Waals surface area contributed by atoms with E-state index < -0.39 is 29.6 Å². The molecule has 0 aliphatic carbocycles. The van der Waals surface area contributed by atoms with E-state index >= 15 is 0 Å². The van der Waals surface area contributed by atoms with Crippen LogP contribution in [0, 0.1) is 0 Å². The molecule has 4 heterocycles. The lowest BCUT2D eigenvalue weighted by molar-refractivity contribution is -0.0928. The maximum Gasteiger partial charge on any atom is 0.280 e. The maximum absolute atomic E-state index is 13.2. The van der Waals surface area contributed by atoms with Gasteiger partial charge in [-0.15, -0.1) is 0 Å². The number of aliphatic hydroxyl groups is 1. The monoisotopic (exact) mass is 690 g/mol. The summed E-state index contributed by atoms with van der Waals surface area (Å²) in [4.78, 5) is 31.1. The number of benzene rings is 3. The van der Waals surface area contributed by atoms with Crippen molar-refractivity contribution in [3.05, 3.63) is 124 Å². The molecular formula is C38H38N6O7. The maximum atomic E-state index is 13.2. The molecule has 0 unspecified atom stereocenters. The fourth-order valence-electron chi connectivity index (χ4n) is 6.36. The normalized spacial score (nSPS) is 17.7. The summed E-state index contributed by atoms with van der Waals surface area (Å²) in [6.07, 6.45) is 0.737. The lowest BCUT2D eigenvalue weighted by Gasteiger charge is -2.37. The molecular weight excluding hydrogens is 652 g/mol. The second-order valence-corrected chi connectivity index (χ2v) is 12.3. The Morgan fingerprint density at radius 3 is 2.18 bits per heavy atom. The van der Waals surface area contributed by atoms with Crippen molar-refractivity contribution in [2.24, 2.45) is 4.99 Å². The smallest absolute Gasteiger partial charge is 0.280 e. The number of rotatable bonds is 12. The molecule has 13 nitrogen and oxygen atoms in total. The molecule has 0 amide bonds. The van der Waals surface area contributed by atoms with Crippen LogP contribution >= 0.6 is 0 Å². The molecule has 7 rings (SSSR count). The molecule has 262 valence electrons. The van der Waals surface area contributed by atoms with E-state index in [0.29, 0.717) is 23.1 Å². The third-order valence-electron chi connectivity index (χ3n) is 8.82. The van der Waals surface area contributed by atoms with Crippen LogP contribution in [-0.4, -0.2) is 83.0 Å². The average molecular weight is 691 g/mol. The lowest BCUT2D eigenvalue weighted by Crippen LogP contribution is -2.38. The summed E-state index contributed by atoms with van der Waals surface area (Å²) in [5.74, 6) is 2.24. The first kappa shape index (κ1) is 33.7. The number of nitrogens with one attached hydrogen (secondary N) is 1. The van der Waals surface area contributed by atoms with Crippen molar-refractivity contribution in [3.8, 4) is 23.1 Å². The molecule has 0 radical (unpaired) electrons. The molecule has 3 aromatic carbocycles. The molecule has 3 aromatic heterocycles. The zero-order chi connectivity index (χ0) is 35.5. The van der Waals surface area contributed by atoms with Crippen LogP contribution in [0.15, 0.2) is 111 Å². The number of hydrogen-bond acceptors (Lipinski definition) is 10. The van der Waals surface area contributed by atoms with Gasteiger partial charge < -0.3 is 33.4 Å². The zero-order valence-corrected chi connectivity index (χ0v) is 28.6. The number of nitrogens with zero attached hydrogens (tertiary/aromatic N) is 5. The van der Waals surface area contributed by atoms with Crippen molar-refractivity contribution < 1.29 is 28.5 Å². The summed E-state index contributed by atoms with van der Waals surface area (Å²) in [7, 11) is 6.87. The first-order valence-electron chi connectivity index (χ1n) is 16.4. The van der Waals surface area contributed by atoms with Crippen LogP contribution in [-0.2, 0) is 15.1 Å². The van der Waals surface area contributed by atoms with Gasteiger partial charge in [0, 0.05) is 20.5 Å². The number of aliphatic imine (C=N–C) groups is 1. The van der Waals surface area contributed by atoms with Crippen molar-refractivity contribution in [3.63, 3.8) is 0 Å². The van der Waals surface area contributed by atoms with Gasteiger partial charge in [-0.05, 0) is 53.1 Å². The molecule has 0 bridgehead atoms. The van der Waals surface area contributed by atoms with E-state index in [2.05, 4.69) is 19.9 Å². The molecule has 0 saturated carbocycles. The van der Waals surface area contributed by atoms with Crippen molar-refractivity contribution in [1.29, 1.82) is 0 Å². The van der Waals surface area contributed by atoms with E-state index in [1.807, 2.05) is 93.0 Å². The first-order valence-corrected chi connectivity index (χ1v) is 16.4. The quantitative estimate of drug-likeness (QED) is 0.0988. The first-order chi connectivity index (χ1) is 24.8. The predicted molar refractivity (Wildman–Crippen MR) is 190 cm³/mol. The van der Waals surface area contributed by atoms with Crippen molar-refractivity contribution in [2.45, 2.75) is 30.5 Å². The van der Waals surface area contributed by atoms with Gasteiger partial charge in [-0.2, -0.15) is 4.98 Å². The molecule has 1 saturated heterocycles. The Bertz CT molecular complexity index is 2110. The van der Waals surface area contributed by atoms with E-state index in [4.69, 9.17) is 23.4 Å². The Kier molecular flexibility index (Phi) is 9.41. The van der Waals surface area contributed by atoms with Crippen LogP contribution in [0.25, 0.3) is 22.7 Å². The molecule has 3 atom stereocenters. The van der Waals surface area contributed by atoms with E-state index in [1.165, 1.54) is 12.6 Å². The molecule has 13 heteroatoms. The third-order valence-corrected chi connectivity index (χ3v) is 8.82. The van der Waals surface area contributed by atoms with Gasteiger partial charge >= 0.3 is 0 Å². The largest absolute Gasteiger partial charge is 0.497 e. The molecule has 1 aliphatic heterocycles. The van der Waals surface area contributed by atoms with Crippen molar-refractivity contribution in [2.75, 3.05) is 34.9 Å². The van der Waals surface area contributed by atoms with E-state index in [9.17, 15) is 9.90 Å². The Hall–Kier alpha value is -5.76. The van der Waals surface area contributed by atoms with Crippen LogP contribution in [0.4, 0.5) is 5.95 Å². The standard InChI is InChI=1S/C38H38N6O7/c1-43(2)23-39-37-41-35-33(36(46)42-37)40-34(30-11-8-20-49-30)44(35)32-21-29(45)31(51-32)22-50-38(24-9-6-5-7-10-24,25-12-16-27(47-3)17-13-25)26-14-18-28(48-4)19-15-26/h5-20,23,29,31-32,45H,21-22H2,1-4H3,(H,41,42,46)/b39-23+/t29-,31+,32+/m0/s1. The van der Waals surface area contributed by atoms with Gasteiger partial charge in [-0.1, -0.05) is 54.6 Å². The number of aromatic amines is 1. The van der Waals surface area contributed by atoms with E-state index in [1.54, 1.807) is 35.8 Å². The minimum atomic E-state index is -1.11. The summed E-state index contributed by atoms with van der Waals surface area (Å²) >= 11 is 0. The topological polar surface area (TPSA) is 149 Å². The van der Waals surface area contributed by atoms with Crippen LogP contribution in [0.3, 0.4) is 0 Å². The van der Waals surface area contributed by atoms with E-state index in [-0.39, 0.29) is 30.1 Å². The van der Waals surface area contributed by atoms with Crippen LogP contribution in [0.1, 0.15) is 29.3 Å². The highest BCUT2D eigenvalue weighted by Gasteiger charge is 2.43. The summed E-state index contributed by atoms with van der Waals surface area (Å²) in [6, 6.07) is 28.8. The van der Waals surface area contributed by atoms with E-state index in [0.717, 1.165) is 16.7 Å². The highest BCUT2D eigenvalue weighted by Crippen LogP contribution is 2.43. The average Bonchev–Trinajstić information content (AvgIpc) is 3.91. The number of imidazole rings is 1. The summed E-state index contributed by atoms with van der Waals surface area (Å²) < 4.78 is 31.9. The second-order valence-electron chi connectivity index (χ2n) is 12.3. The second kappa shape index (κ2) is 14.2. The molecule has 6 aromatic rings. The summed E-state index contributed by atoms with van der Waals surface area (Å²) in [5, 5.41) is 11.5. The number of H-pyrrole nitrogens is 1. The van der Waals surface area contributed by atoms with Crippen molar-refractivity contribution in [1.82, 2.24) is 24.4 Å². The Labute approximate surface area is 293 Å². The molecule has 1 aliphatic rings. The van der Waals surface area contributed by atoms with Gasteiger partial charge in [0.15, 0.2) is 22.7 Å². The number of methoxy groups -OCH3 is 2. The minimum Gasteiger partial charge on any atom is -0.497 e. The molecule has 1 fully saturated rings. The fourth-order valence-corrected chi connectivity index (χ4v) is 6.36. The zero-order valence-electron chi connectivity index (χ0n) is 28.6. The van der Waals surface area contributed by atoms with Gasteiger partial charge in [-0.25, -0.2) is 9.98 Å². The highest BCUT2D eigenvalue weighted by molar-refractivity contribution is 5.76. The molecule has 2 N–H and O–H groups in total. The van der Waals surface area contributed by atoms with Gasteiger partial charge in [0.25, 0.3) is 5.56 Å². The number of hydrogen-bond donors (Lipinski definition) is 2. The Morgan fingerprint density at radius 2 is 1.59 bits per heavy atom. The Balaban J connectivity index is 1.28. The van der Waals surface area contributed by atoms with Gasteiger partial charge in [0.1, 0.15) is 29.4 Å². The number of furan rings is 1. The SMILES string of the molecule is COc1ccc(C(OC[C@H]2O[C@@H](n3c(-c4ccco4)nc4c(=O)[nH]c(/N=C/N(C)C)nc43)C[C@@H]2O)(c2ccccc2)c2ccc(OC)cc2)cc1. The summed E-state index contributed by atoms with van der Waals surface area (Å²) in [5.41, 5.74) is 1.31. The minimum absolute atomic E-state index is 0.000273. The number of fused-ring (bicyclic) bond motifs is 1. The van der Waals surface area contributed by atoms with Crippen LogP contribution < -0.4 is 15.0 Å². The Morgan fingerprint density at radius 1 is 0.941 bits per heavy atom. The number of aliphatic hydroxyl groups excluding tert-OH is 1. The van der Waals surface area contributed by atoms with Crippen LogP contribution in [0.2, 0.25) is 0 Å². The molecule has 51 heavy (non-hydrogen) atoms. The van der Waals surface area contributed by atoms with Gasteiger partial charge in [-0.3, -0.25) is 14.3 Å². The predicted octanol–water partition coefficient (Wildman–Crippen LogP) is 5.28. The third kappa shape index (κ3) is 6.50. The van der Waals surface area contributed by atoms with Gasteiger partial charge in [0.2, 0.25) is 5.95 Å². The van der Waals surface area contributed by atoms with Gasteiger partial charge in [0.05, 0.1) is 39.5 Å². The number of ether oxygens (including phenoxy) is 4. The summed E-state index contributed by atoms with van der Waals surface area (Å²) in [6.45, 7) is -0.000273.